The molecule has 19 heavy (non-hydrogen) atoms. The fourth-order valence-electron chi connectivity index (χ4n) is 2.29. The Morgan fingerprint density at radius 3 is 2.42 bits per heavy atom. The minimum atomic E-state index is 0.164. The molecule has 0 aromatic heterocycles. The maximum absolute atomic E-state index is 5.67. The summed E-state index contributed by atoms with van der Waals surface area (Å²) in [6.45, 7) is 6.07. The van der Waals surface area contributed by atoms with Gasteiger partial charge < -0.3 is 20.1 Å². The van der Waals surface area contributed by atoms with Crippen molar-refractivity contribution in [2.24, 2.45) is 11.1 Å². The highest BCUT2D eigenvalue weighted by molar-refractivity contribution is 5.61. The first-order chi connectivity index (χ1) is 8.93. The summed E-state index contributed by atoms with van der Waals surface area (Å²) >= 11 is 0. The largest absolute Gasteiger partial charge is 0.497 e. The van der Waals surface area contributed by atoms with E-state index in [4.69, 9.17) is 15.2 Å². The first-order valence-electron chi connectivity index (χ1n) is 6.57. The van der Waals surface area contributed by atoms with Gasteiger partial charge in [-0.25, -0.2) is 0 Å². The van der Waals surface area contributed by atoms with E-state index in [0.717, 1.165) is 30.2 Å². The topological polar surface area (TPSA) is 47.7 Å². The van der Waals surface area contributed by atoms with Crippen LogP contribution in [-0.2, 0) is 0 Å². The maximum atomic E-state index is 5.67. The van der Waals surface area contributed by atoms with Gasteiger partial charge in [-0.2, -0.15) is 0 Å². The molecule has 0 amide bonds. The Hall–Kier alpha value is -1.42. The van der Waals surface area contributed by atoms with Gasteiger partial charge in [-0.3, -0.25) is 0 Å². The summed E-state index contributed by atoms with van der Waals surface area (Å²) < 4.78 is 10.7. The van der Waals surface area contributed by atoms with Gasteiger partial charge in [0.1, 0.15) is 11.5 Å². The molecule has 0 bridgehead atoms. The predicted octanol–water partition coefficient (Wildman–Crippen LogP) is 2.52. The van der Waals surface area contributed by atoms with E-state index in [9.17, 15) is 0 Å². The molecule has 0 unspecified atom stereocenters. The normalized spacial score (nSPS) is 11.3. The van der Waals surface area contributed by atoms with Gasteiger partial charge in [0.15, 0.2) is 0 Å². The highest BCUT2D eigenvalue weighted by atomic mass is 16.5. The van der Waals surface area contributed by atoms with Crippen molar-refractivity contribution >= 4 is 5.69 Å². The Bertz CT molecular complexity index is 405. The van der Waals surface area contributed by atoms with Crippen molar-refractivity contribution in [3.05, 3.63) is 18.2 Å². The van der Waals surface area contributed by atoms with E-state index in [1.54, 1.807) is 14.2 Å². The van der Waals surface area contributed by atoms with Crippen LogP contribution in [-0.4, -0.2) is 34.4 Å². The highest BCUT2D eigenvalue weighted by Crippen LogP contribution is 2.33. The highest BCUT2D eigenvalue weighted by Gasteiger charge is 2.21. The van der Waals surface area contributed by atoms with Gasteiger partial charge in [-0.05, 0) is 30.5 Å². The zero-order valence-electron chi connectivity index (χ0n) is 12.7. The number of rotatable bonds is 7. The monoisotopic (exact) mass is 266 g/mol. The average molecular weight is 266 g/mol. The lowest BCUT2D eigenvalue weighted by Crippen LogP contribution is -2.33. The lowest BCUT2D eigenvalue weighted by atomic mass is 9.88. The number of methoxy groups -OCH3 is 2. The average Bonchev–Trinajstić information content (AvgIpc) is 2.37. The van der Waals surface area contributed by atoms with Crippen LogP contribution in [0.5, 0.6) is 11.5 Å². The molecule has 4 heteroatoms. The lowest BCUT2D eigenvalue weighted by Gasteiger charge is -2.32. The SMILES string of the molecule is COc1ccc(OC)c(N(C)CC(C)(C)CCN)c1. The summed E-state index contributed by atoms with van der Waals surface area (Å²) in [5.74, 6) is 1.69. The third-order valence-corrected chi connectivity index (χ3v) is 3.28. The molecule has 0 atom stereocenters. The molecule has 0 radical (unpaired) electrons. The second-order valence-corrected chi connectivity index (χ2v) is 5.60. The van der Waals surface area contributed by atoms with E-state index in [-0.39, 0.29) is 5.41 Å². The van der Waals surface area contributed by atoms with E-state index in [1.165, 1.54) is 0 Å². The molecule has 1 aromatic rings. The Balaban J connectivity index is 2.94. The molecule has 1 aromatic carbocycles. The van der Waals surface area contributed by atoms with Crippen molar-refractivity contribution in [2.75, 3.05) is 39.3 Å². The summed E-state index contributed by atoms with van der Waals surface area (Å²) in [5, 5.41) is 0. The molecule has 0 saturated heterocycles. The van der Waals surface area contributed by atoms with Gasteiger partial charge in [0, 0.05) is 19.7 Å². The van der Waals surface area contributed by atoms with Crippen LogP contribution >= 0.6 is 0 Å². The molecule has 0 aliphatic carbocycles. The third kappa shape index (κ3) is 4.31. The van der Waals surface area contributed by atoms with Crippen molar-refractivity contribution in [2.45, 2.75) is 20.3 Å². The van der Waals surface area contributed by atoms with Gasteiger partial charge in [-0.15, -0.1) is 0 Å². The van der Waals surface area contributed by atoms with Gasteiger partial charge in [0.05, 0.1) is 19.9 Å². The Labute approximate surface area is 116 Å². The predicted molar refractivity (Wildman–Crippen MR) is 80.3 cm³/mol. The van der Waals surface area contributed by atoms with E-state index in [0.29, 0.717) is 6.54 Å². The van der Waals surface area contributed by atoms with Crippen molar-refractivity contribution in [1.82, 2.24) is 0 Å². The molecule has 4 nitrogen and oxygen atoms in total. The van der Waals surface area contributed by atoms with Crippen molar-refractivity contribution in [1.29, 1.82) is 0 Å². The molecule has 0 fully saturated rings. The molecule has 0 aliphatic heterocycles. The zero-order chi connectivity index (χ0) is 14.5. The second-order valence-electron chi connectivity index (χ2n) is 5.60. The molecular formula is C15H26N2O2. The van der Waals surface area contributed by atoms with E-state index in [1.807, 2.05) is 18.2 Å². The zero-order valence-corrected chi connectivity index (χ0v) is 12.7. The maximum Gasteiger partial charge on any atom is 0.142 e. The minimum Gasteiger partial charge on any atom is -0.497 e. The van der Waals surface area contributed by atoms with Crippen molar-refractivity contribution < 1.29 is 9.47 Å². The van der Waals surface area contributed by atoms with E-state index < -0.39 is 0 Å². The van der Waals surface area contributed by atoms with Crippen LogP contribution in [0.2, 0.25) is 0 Å². The number of anilines is 1. The van der Waals surface area contributed by atoms with Gasteiger partial charge in [-0.1, -0.05) is 13.8 Å². The Morgan fingerprint density at radius 1 is 1.21 bits per heavy atom. The fraction of sp³-hybridized carbons (Fsp3) is 0.600. The number of hydrogen-bond acceptors (Lipinski definition) is 4. The van der Waals surface area contributed by atoms with Crippen molar-refractivity contribution in [3.8, 4) is 11.5 Å². The number of nitrogens with two attached hydrogens (primary N) is 1. The van der Waals surface area contributed by atoms with E-state index in [2.05, 4.69) is 25.8 Å². The molecule has 1 rings (SSSR count). The fourth-order valence-corrected chi connectivity index (χ4v) is 2.29. The summed E-state index contributed by atoms with van der Waals surface area (Å²) in [5.41, 5.74) is 6.87. The second kappa shape index (κ2) is 6.66. The number of hydrogen-bond donors (Lipinski definition) is 1. The summed E-state index contributed by atoms with van der Waals surface area (Å²) in [6, 6.07) is 5.83. The van der Waals surface area contributed by atoms with Gasteiger partial charge in [0.2, 0.25) is 0 Å². The number of ether oxygens (including phenoxy) is 2. The number of benzene rings is 1. The molecule has 0 heterocycles. The Kier molecular flexibility index (Phi) is 5.48. The molecule has 0 saturated carbocycles. The standard InChI is InChI=1S/C15H26N2O2/c1-15(2,8-9-16)11-17(3)13-10-12(18-4)6-7-14(13)19-5/h6-7,10H,8-9,11,16H2,1-5H3. The molecule has 2 N–H and O–H groups in total. The lowest BCUT2D eigenvalue weighted by molar-refractivity contribution is 0.345. The molecule has 0 aliphatic rings. The first-order valence-corrected chi connectivity index (χ1v) is 6.57. The van der Waals surface area contributed by atoms with Gasteiger partial charge in [0.25, 0.3) is 0 Å². The summed E-state index contributed by atoms with van der Waals surface area (Å²) in [6.07, 6.45) is 0.990. The minimum absolute atomic E-state index is 0.164. The number of nitrogens with zero attached hydrogens (tertiary/aromatic N) is 1. The van der Waals surface area contributed by atoms with Gasteiger partial charge >= 0.3 is 0 Å². The Morgan fingerprint density at radius 2 is 1.89 bits per heavy atom. The van der Waals surface area contributed by atoms with Crippen LogP contribution in [0.1, 0.15) is 20.3 Å². The molecular weight excluding hydrogens is 240 g/mol. The molecule has 0 spiro atoms. The smallest absolute Gasteiger partial charge is 0.142 e. The first kappa shape index (κ1) is 15.6. The van der Waals surface area contributed by atoms with Crippen LogP contribution in [0.3, 0.4) is 0 Å². The summed E-state index contributed by atoms with van der Waals surface area (Å²) in [7, 11) is 5.42. The van der Waals surface area contributed by atoms with Crippen LogP contribution in [0.25, 0.3) is 0 Å². The quantitative estimate of drug-likeness (QED) is 0.824. The summed E-state index contributed by atoms with van der Waals surface area (Å²) in [4.78, 5) is 2.19. The molecule has 108 valence electrons. The van der Waals surface area contributed by atoms with Crippen LogP contribution in [0, 0.1) is 5.41 Å². The third-order valence-electron chi connectivity index (χ3n) is 3.28. The van der Waals surface area contributed by atoms with Crippen LogP contribution in [0.4, 0.5) is 5.69 Å². The van der Waals surface area contributed by atoms with E-state index >= 15 is 0 Å². The van der Waals surface area contributed by atoms with Crippen LogP contribution in [0.15, 0.2) is 18.2 Å². The van der Waals surface area contributed by atoms with Crippen molar-refractivity contribution in [3.63, 3.8) is 0 Å². The van der Waals surface area contributed by atoms with Crippen LogP contribution < -0.4 is 20.1 Å².